The van der Waals surface area contributed by atoms with Gasteiger partial charge in [0.05, 0.1) is 12.8 Å². The predicted octanol–water partition coefficient (Wildman–Crippen LogP) is 4.91. The van der Waals surface area contributed by atoms with E-state index in [2.05, 4.69) is 15.6 Å². The Bertz CT molecular complexity index is 860. The van der Waals surface area contributed by atoms with Gasteiger partial charge < -0.3 is 15.4 Å². The Labute approximate surface area is 159 Å². The number of rotatable bonds is 5. The minimum absolute atomic E-state index is 0.0996. The van der Waals surface area contributed by atoms with Gasteiger partial charge in [-0.05, 0) is 31.0 Å². The number of carbonyl (C=O) groups is 1. The molecular formula is C19H19F4N3O2. The van der Waals surface area contributed by atoms with E-state index in [1.807, 2.05) is 0 Å². The molecule has 1 aliphatic rings. The van der Waals surface area contributed by atoms with E-state index in [1.165, 1.54) is 25.3 Å². The number of benzene rings is 1. The van der Waals surface area contributed by atoms with E-state index in [9.17, 15) is 22.4 Å². The highest BCUT2D eigenvalue weighted by Crippen LogP contribution is 2.33. The van der Waals surface area contributed by atoms with Crippen LogP contribution in [0.3, 0.4) is 0 Å². The van der Waals surface area contributed by atoms with Crippen molar-refractivity contribution in [2.45, 2.75) is 32.1 Å². The van der Waals surface area contributed by atoms with E-state index in [0.717, 1.165) is 32.1 Å². The smallest absolute Gasteiger partial charge is 0.253 e. The first kappa shape index (κ1) is 19.9. The molecule has 0 aliphatic heterocycles. The number of carbonyl (C=O) groups excluding carboxylic acids is 1. The molecule has 0 spiro atoms. The maximum atomic E-state index is 13.8. The van der Waals surface area contributed by atoms with E-state index in [0.29, 0.717) is 5.75 Å². The van der Waals surface area contributed by atoms with Gasteiger partial charge in [0, 0.05) is 11.6 Å². The Morgan fingerprint density at radius 3 is 2.32 bits per heavy atom. The Morgan fingerprint density at radius 2 is 1.71 bits per heavy atom. The predicted molar refractivity (Wildman–Crippen MR) is 95.6 cm³/mol. The largest absolute Gasteiger partial charge is 0.495 e. The molecule has 150 valence electrons. The molecule has 1 fully saturated rings. The number of amides is 1. The molecule has 1 aliphatic carbocycles. The second-order valence-electron chi connectivity index (χ2n) is 6.56. The van der Waals surface area contributed by atoms with Crippen LogP contribution in [0.15, 0.2) is 18.2 Å². The molecule has 1 heterocycles. The van der Waals surface area contributed by atoms with E-state index in [4.69, 9.17) is 4.74 Å². The number of nitrogens with zero attached hydrogens (tertiary/aromatic N) is 1. The summed E-state index contributed by atoms with van der Waals surface area (Å²) in [5, 5.41) is 5.05. The second kappa shape index (κ2) is 8.45. The standard InChI is InChI=1S/C19H19F4N3O2/c1-28-13-8-7-11(24-16-14(20)17(22)26-18(23)15(16)21)9-12(13)25-19(27)10-5-3-2-4-6-10/h7-10H,2-6H2,1H3,(H,24,26)(H,25,27). The third-order valence-electron chi connectivity index (χ3n) is 4.70. The number of halogens is 4. The zero-order chi connectivity index (χ0) is 20.3. The Hall–Kier alpha value is -2.84. The minimum Gasteiger partial charge on any atom is -0.495 e. The van der Waals surface area contributed by atoms with Crippen LogP contribution in [-0.2, 0) is 4.79 Å². The topological polar surface area (TPSA) is 63.2 Å². The van der Waals surface area contributed by atoms with Crippen LogP contribution in [0, 0.1) is 29.4 Å². The summed E-state index contributed by atoms with van der Waals surface area (Å²) in [6, 6.07) is 4.22. The van der Waals surface area contributed by atoms with Crippen molar-refractivity contribution in [3.63, 3.8) is 0 Å². The van der Waals surface area contributed by atoms with Gasteiger partial charge in [0.15, 0.2) is 0 Å². The summed E-state index contributed by atoms with van der Waals surface area (Å²) in [4.78, 5) is 15.0. The lowest BCUT2D eigenvalue weighted by atomic mass is 9.88. The van der Waals surface area contributed by atoms with Gasteiger partial charge in [-0.25, -0.2) is 0 Å². The van der Waals surface area contributed by atoms with Gasteiger partial charge >= 0.3 is 0 Å². The van der Waals surface area contributed by atoms with Crippen molar-refractivity contribution in [3.8, 4) is 5.75 Å². The second-order valence-corrected chi connectivity index (χ2v) is 6.56. The minimum atomic E-state index is -1.76. The van der Waals surface area contributed by atoms with Gasteiger partial charge in [-0.3, -0.25) is 4.79 Å². The molecule has 9 heteroatoms. The van der Waals surface area contributed by atoms with E-state index in [-0.39, 0.29) is 23.2 Å². The quantitative estimate of drug-likeness (QED) is 0.556. The summed E-state index contributed by atoms with van der Waals surface area (Å²) in [7, 11) is 1.41. The fourth-order valence-electron chi connectivity index (χ4n) is 3.22. The molecule has 2 N–H and O–H groups in total. The van der Waals surface area contributed by atoms with Gasteiger partial charge in [0.1, 0.15) is 11.4 Å². The van der Waals surface area contributed by atoms with Crippen molar-refractivity contribution in [1.82, 2.24) is 4.98 Å². The number of anilines is 3. The SMILES string of the molecule is COc1ccc(Nc2c(F)c(F)nc(F)c2F)cc1NC(=O)C1CCCCC1. The van der Waals surface area contributed by atoms with Crippen molar-refractivity contribution in [2.75, 3.05) is 17.7 Å². The number of pyridine rings is 1. The Kier molecular flexibility index (Phi) is 6.01. The third kappa shape index (κ3) is 4.18. The summed E-state index contributed by atoms with van der Waals surface area (Å²) in [5.74, 6) is -6.78. The lowest BCUT2D eigenvalue weighted by Crippen LogP contribution is -2.25. The molecule has 0 saturated heterocycles. The van der Waals surface area contributed by atoms with Crippen LogP contribution in [0.1, 0.15) is 32.1 Å². The normalized spacial score (nSPS) is 14.6. The molecule has 0 unspecified atom stereocenters. The highest BCUT2D eigenvalue weighted by Gasteiger charge is 2.23. The van der Waals surface area contributed by atoms with Crippen LogP contribution in [-0.4, -0.2) is 18.0 Å². The highest BCUT2D eigenvalue weighted by molar-refractivity contribution is 5.94. The number of aromatic nitrogens is 1. The highest BCUT2D eigenvalue weighted by atomic mass is 19.2. The van der Waals surface area contributed by atoms with E-state index in [1.54, 1.807) is 0 Å². The third-order valence-corrected chi connectivity index (χ3v) is 4.70. The first-order valence-electron chi connectivity index (χ1n) is 8.86. The van der Waals surface area contributed by atoms with Crippen LogP contribution in [0.4, 0.5) is 34.6 Å². The van der Waals surface area contributed by atoms with E-state index < -0.39 is 29.2 Å². The fourth-order valence-corrected chi connectivity index (χ4v) is 3.22. The summed E-state index contributed by atoms with van der Waals surface area (Å²) in [6.45, 7) is 0. The maximum absolute atomic E-state index is 13.8. The van der Waals surface area contributed by atoms with Crippen LogP contribution in [0.2, 0.25) is 0 Å². The summed E-state index contributed by atoms with van der Waals surface area (Å²) in [5.41, 5.74) is -0.638. The number of hydrogen-bond donors (Lipinski definition) is 2. The van der Waals surface area contributed by atoms with Crippen molar-refractivity contribution in [3.05, 3.63) is 41.7 Å². The van der Waals surface area contributed by atoms with Crippen molar-refractivity contribution in [2.24, 2.45) is 5.92 Å². The average molecular weight is 397 g/mol. The fraction of sp³-hybridized carbons (Fsp3) is 0.368. The van der Waals surface area contributed by atoms with Gasteiger partial charge in [0.2, 0.25) is 17.5 Å². The van der Waals surface area contributed by atoms with Gasteiger partial charge in [-0.15, -0.1) is 0 Å². The van der Waals surface area contributed by atoms with Crippen molar-refractivity contribution < 1.29 is 27.1 Å². The molecule has 1 saturated carbocycles. The molecule has 5 nitrogen and oxygen atoms in total. The molecule has 0 radical (unpaired) electrons. The lowest BCUT2D eigenvalue weighted by molar-refractivity contribution is -0.120. The van der Waals surface area contributed by atoms with Crippen LogP contribution < -0.4 is 15.4 Å². The molecule has 0 bridgehead atoms. The number of ether oxygens (including phenoxy) is 1. The molecule has 0 atom stereocenters. The first-order chi connectivity index (χ1) is 13.4. The Balaban J connectivity index is 1.86. The maximum Gasteiger partial charge on any atom is 0.253 e. The van der Waals surface area contributed by atoms with Crippen LogP contribution in [0.25, 0.3) is 0 Å². The molecule has 2 aromatic rings. The molecule has 3 rings (SSSR count). The van der Waals surface area contributed by atoms with Gasteiger partial charge in [0.25, 0.3) is 11.9 Å². The Morgan fingerprint density at radius 1 is 1.07 bits per heavy atom. The monoisotopic (exact) mass is 397 g/mol. The lowest BCUT2D eigenvalue weighted by Gasteiger charge is -2.21. The molecular weight excluding hydrogens is 378 g/mol. The van der Waals surface area contributed by atoms with E-state index >= 15 is 0 Å². The number of hydrogen-bond acceptors (Lipinski definition) is 4. The average Bonchev–Trinajstić information content (AvgIpc) is 2.70. The van der Waals surface area contributed by atoms with Gasteiger partial charge in [-0.2, -0.15) is 22.5 Å². The summed E-state index contributed by atoms with van der Waals surface area (Å²) >= 11 is 0. The molecule has 1 aromatic heterocycles. The van der Waals surface area contributed by atoms with Crippen molar-refractivity contribution in [1.29, 1.82) is 0 Å². The van der Waals surface area contributed by atoms with Crippen molar-refractivity contribution >= 4 is 23.0 Å². The first-order valence-corrected chi connectivity index (χ1v) is 8.86. The van der Waals surface area contributed by atoms with Crippen LogP contribution >= 0.6 is 0 Å². The summed E-state index contributed by atoms with van der Waals surface area (Å²) in [6.07, 6.45) is 4.64. The molecule has 1 aromatic carbocycles. The molecule has 1 amide bonds. The zero-order valence-corrected chi connectivity index (χ0v) is 15.1. The number of nitrogens with one attached hydrogen (secondary N) is 2. The molecule has 28 heavy (non-hydrogen) atoms. The summed E-state index contributed by atoms with van der Waals surface area (Å²) < 4.78 is 59.4. The van der Waals surface area contributed by atoms with Crippen LogP contribution in [0.5, 0.6) is 5.75 Å². The zero-order valence-electron chi connectivity index (χ0n) is 15.1. The number of methoxy groups -OCH3 is 1. The van der Waals surface area contributed by atoms with Gasteiger partial charge in [-0.1, -0.05) is 19.3 Å².